The lowest BCUT2D eigenvalue weighted by molar-refractivity contribution is 0.0603. The molecule has 0 aliphatic carbocycles. The van der Waals surface area contributed by atoms with E-state index in [1.807, 2.05) is 6.07 Å². The minimum atomic E-state index is -0.480. The monoisotopic (exact) mass is 477 g/mol. The maximum Gasteiger partial charge on any atom is 0.255 e. The lowest BCUT2D eigenvalue weighted by Gasteiger charge is -2.39. The standard InChI is InChI=1S/C26H28FN5O3/c1-34-25-18(27)5-2-6-19(25)30-24-21-22-16(10-29-26(21)33)4-3-9-32-12-15(13-32)14-35-20-11-28-8-7-17(20)23(24)31-22/h2,5-8,11,15-16,30-31H,3-4,9-10,12-14H2,1H3,(H,29,33). The molecule has 9 heteroatoms. The lowest BCUT2D eigenvalue weighted by atomic mass is 9.91. The third-order valence-electron chi connectivity index (χ3n) is 7.19. The molecule has 35 heavy (non-hydrogen) atoms. The third kappa shape index (κ3) is 3.89. The van der Waals surface area contributed by atoms with E-state index in [-0.39, 0.29) is 17.6 Å². The third-order valence-corrected chi connectivity index (χ3v) is 7.19. The number of hydrogen-bond acceptors (Lipinski definition) is 6. The molecule has 3 N–H and O–H groups in total. The largest absolute Gasteiger partial charge is 0.492 e. The van der Waals surface area contributed by atoms with Crippen LogP contribution in [0.4, 0.5) is 15.8 Å². The number of amides is 1. The van der Waals surface area contributed by atoms with Gasteiger partial charge in [0.1, 0.15) is 5.75 Å². The summed E-state index contributed by atoms with van der Waals surface area (Å²) in [6, 6.07) is 6.57. The fourth-order valence-electron chi connectivity index (χ4n) is 5.43. The highest BCUT2D eigenvalue weighted by Crippen LogP contribution is 2.44. The number of pyridine rings is 1. The molecule has 0 radical (unpaired) electrons. The Morgan fingerprint density at radius 3 is 3.03 bits per heavy atom. The second kappa shape index (κ2) is 8.88. The maximum atomic E-state index is 14.5. The summed E-state index contributed by atoms with van der Waals surface area (Å²) in [5.41, 5.74) is 3.96. The lowest BCUT2D eigenvalue weighted by Crippen LogP contribution is -2.49. The highest BCUT2D eigenvalue weighted by Gasteiger charge is 2.35. The van der Waals surface area contributed by atoms with Gasteiger partial charge >= 0.3 is 0 Å². The number of anilines is 2. The summed E-state index contributed by atoms with van der Waals surface area (Å²) in [5.74, 6) is 0.733. The summed E-state index contributed by atoms with van der Waals surface area (Å²) >= 11 is 0. The van der Waals surface area contributed by atoms with Crippen molar-refractivity contribution < 1.29 is 18.7 Å². The molecular weight excluding hydrogens is 449 g/mol. The summed E-state index contributed by atoms with van der Waals surface area (Å²) in [7, 11) is 1.43. The van der Waals surface area contributed by atoms with Crippen molar-refractivity contribution in [1.82, 2.24) is 20.2 Å². The SMILES string of the molecule is COc1c(F)cccc1Nc1c2[nH]c3c1C(=O)NCC3CCCN1CC(COc3cnccc3-2)C1. The van der Waals surface area contributed by atoms with Crippen LogP contribution in [0, 0.1) is 11.7 Å². The minimum absolute atomic E-state index is 0.0899. The van der Waals surface area contributed by atoms with Crippen molar-refractivity contribution in [3.05, 3.63) is 53.7 Å². The van der Waals surface area contributed by atoms with Crippen LogP contribution in [0.1, 0.15) is 34.8 Å². The summed E-state index contributed by atoms with van der Waals surface area (Å²) in [6.45, 7) is 4.31. The van der Waals surface area contributed by atoms with Crippen LogP contribution >= 0.6 is 0 Å². The number of aromatic nitrogens is 2. The Hall–Kier alpha value is -3.59. The van der Waals surface area contributed by atoms with Crippen molar-refractivity contribution in [2.75, 3.05) is 45.2 Å². The van der Waals surface area contributed by atoms with Gasteiger partial charge in [-0.3, -0.25) is 9.78 Å². The van der Waals surface area contributed by atoms with E-state index in [1.165, 1.54) is 13.2 Å². The molecular formula is C26H28FN5O3. The molecule has 1 unspecified atom stereocenters. The van der Waals surface area contributed by atoms with Crippen LogP contribution in [0.3, 0.4) is 0 Å². The zero-order valence-corrected chi connectivity index (χ0v) is 19.6. The Kier molecular flexibility index (Phi) is 5.56. The van der Waals surface area contributed by atoms with Gasteiger partial charge in [-0.25, -0.2) is 4.39 Å². The number of carbonyl (C=O) groups excluding carboxylic acids is 1. The summed E-state index contributed by atoms with van der Waals surface area (Å²) in [5, 5.41) is 6.38. The number of rotatable bonds is 3. The second-order valence-corrected chi connectivity index (χ2v) is 9.47. The van der Waals surface area contributed by atoms with Gasteiger partial charge in [-0.05, 0) is 37.6 Å². The number of H-pyrrole nitrogens is 1. The summed E-state index contributed by atoms with van der Waals surface area (Å²) < 4.78 is 26.1. The number of para-hydroxylation sites is 1. The molecule has 6 heterocycles. The molecule has 4 aliphatic heterocycles. The summed E-state index contributed by atoms with van der Waals surface area (Å²) in [4.78, 5) is 23.5. The molecule has 1 amide bonds. The number of fused-ring (bicyclic) bond motifs is 3. The molecule has 0 saturated carbocycles. The maximum absolute atomic E-state index is 14.5. The Labute approximate surface area is 202 Å². The first-order valence-electron chi connectivity index (χ1n) is 12.1. The molecule has 1 saturated heterocycles. The van der Waals surface area contributed by atoms with Crippen LogP contribution < -0.4 is 20.1 Å². The smallest absolute Gasteiger partial charge is 0.255 e. The first-order valence-corrected chi connectivity index (χ1v) is 12.1. The van der Waals surface area contributed by atoms with Gasteiger partial charge in [0.25, 0.3) is 5.91 Å². The molecule has 3 aromatic rings. The molecule has 2 aromatic heterocycles. The van der Waals surface area contributed by atoms with Crippen molar-refractivity contribution >= 4 is 17.3 Å². The Balaban J connectivity index is 1.52. The van der Waals surface area contributed by atoms with Gasteiger partial charge in [0.15, 0.2) is 11.6 Å². The van der Waals surface area contributed by atoms with E-state index in [2.05, 4.69) is 25.5 Å². The Bertz CT molecular complexity index is 1270. The number of ether oxygens (including phenoxy) is 2. The quantitative estimate of drug-likeness (QED) is 0.530. The van der Waals surface area contributed by atoms with Crippen LogP contribution in [-0.2, 0) is 0 Å². The van der Waals surface area contributed by atoms with Crippen molar-refractivity contribution in [1.29, 1.82) is 0 Å². The van der Waals surface area contributed by atoms with Gasteiger partial charge < -0.3 is 30.0 Å². The van der Waals surface area contributed by atoms with Crippen molar-refractivity contribution in [2.45, 2.75) is 18.8 Å². The number of halogens is 1. The summed E-state index contributed by atoms with van der Waals surface area (Å²) in [6.07, 6.45) is 5.42. The van der Waals surface area contributed by atoms with Gasteiger partial charge in [-0.1, -0.05) is 6.07 Å². The van der Waals surface area contributed by atoms with Crippen molar-refractivity contribution in [2.24, 2.45) is 5.92 Å². The number of hydrogen-bond donors (Lipinski definition) is 3. The van der Waals surface area contributed by atoms with E-state index in [4.69, 9.17) is 9.47 Å². The van der Waals surface area contributed by atoms with Crippen molar-refractivity contribution in [3.8, 4) is 22.8 Å². The molecule has 1 aromatic carbocycles. The second-order valence-electron chi connectivity index (χ2n) is 9.47. The molecule has 182 valence electrons. The zero-order valence-electron chi connectivity index (χ0n) is 19.6. The van der Waals surface area contributed by atoms with Gasteiger partial charge in [-0.15, -0.1) is 0 Å². The average molecular weight is 478 g/mol. The average Bonchev–Trinajstić information content (AvgIpc) is 3.21. The van der Waals surface area contributed by atoms with Gasteiger partial charge in [-0.2, -0.15) is 0 Å². The van der Waals surface area contributed by atoms with E-state index < -0.39 is 5.82 Å². The Morgan fingerprint density at radius 2 is 2.17 bits per heavy atom. The highest BCUT2D eigenvalue weighted by molar-refractivity contribution is 6.07. The molecule has 1 atom stereocenters. The number of nitrogens with one attached hydrogen (secondary N) is 3. The van der Waals surface area contributed by atoms with Crippen molar-refractivity contribution in [3.63, 3.8) is 0 Å². The number of benzene rings is 1. The first-order chi connectivity index (χ1) is 17.1. The molecule has 1 fully saturated rings. The van der Waals surface area contributed by atoms with Gasteiger partial charge in [0, 0.05) is 48.9 Å². The zero-order chi connectivity index (χ0) is 23.9. The molecule has 7 rings (SSSR count). The first kappa shape index (κ1) is 21.9. The highest BCUT2D eigenvalue weighted by atomic mass is 19.1. The van der Waals surface area contributed by atoms with E-state index in [0.717, 1.165) is 43.7 Å². The van der Waals surface area contributed by atoms with Crippen LogP contribution in [-0.4, -0.2) is 60.7 Å². The van der Waals surface area contributed by atoms with Crippen LogP contribution in [0.5, 0.6) is 11.5 Å². The van der Waals surface area contributed by atoms with E-state index in [0.29, 0.717) is 47.5 Å². The predicted octanol–water partition coefficient (Wildman–Crippen LogP) is 3.90. The van der Waals surface area contributed by atoms with E-state index in [9.17, 15) is 9.18 Å². The Morgan fingerprint density at radius 1 is 1.29 bits per heavy atom. The normalized spacial score (nSPS) is 23.1. The number of methoxy groups -OCH3 is 1. The fourth-order valence-corrected chi connectivity index (χ4v) is 5.43. The van der Waals surface area contributed by atoms with Gasteiger partial charge in [0.2, 0.25) is 0 Å². The van der Waals surface area contributed by atoms with E-state index in [1.54, 1.807) is 24.5 Å². The number of nitrogens with zero attached hydrogens (tertiary/aromatic N) is 2. The number of carbonyl (C=O) groups is 1. The molecule has 0 spiro atoms. The topological polar surface area (TPSA) is 91.5 Å². The minimum Gasteiger partial charge on any atom is -0.492 e. The molecule has 4 bridgehead atoms. The van der Waals surface area contributed by atoms with Crippen LogP contribution in [0.25, 0.3) is 11.3 Å². The van der Waals surface area contributed by atoms with Crippen LogP contribution in [0.15, 0.2) is 36.7 Å². The number of aromatic amines is 1. The van der Waals surface area contributed by atoms with Crippen LogP contribution in [0.2, 0.25) is 0 Å². The molecule has 8 nitrogen and oxygen atoms in total. The molecule has 4 aliphatic rings. The van der Waals surface area contributed by atoms with E-state index >= 15 is 0 Å². The predicted molar refractivity (Wildman–Crippen MR) is 130 cm³/mol. The van der Waals surface area contributed by atoms with Gasteiger partial charge in [0.05, 0.1) is 42.5 Å². The fraction of sp³-hybridized carbons (Fsp3) is 0.385.